The van der Waals surface area contributed by atoms with Crippen molar-refractivity contribution < 1.29 is 9.47 Å². The molecule has 0 amide bonds. The molecule has 2 aromatic heterocycles. The van der Waals surface area contributed by atoms with Gasteiger partial charge in [0.1, 0.15) is 5.82 Å². The Morgan fingerprint density at radius 3 is 2.07 bits per heavy atom. The first kappa shape index (κ1) is 17.1. The van der Waals surface area contributed by atoms with Crippen LogP contribution in [0.3, 0.4) is 0 Å². The summed E-state index contributed by atoms with van der Waals surface area (Å²) in [5.74, 6) is 2.99. The molecular formula is C18H21N7O2. The van der Waals surface area contributed by atoms with Crippen LogP contribution in [0.1, 0.15) is 0 Å². The van der Waals surface area contributed by atoms with Crippen molar-refractivity contribution in [1.29, 1.82) is 0 Å². The molecule has 1 fully saturated rings. The lowest BCUT2D eigenvalue weighted by molar-refractivity contribution is 0.356. The summed E-state index contributed by atoms with van der Waals surface area (Å²) in [4.78, 5) is 22.1. The maximum atomic E-state index is 6.19. The molecule has 1 saturated heterocycles. The molecule has 1 aliphatic rings. The monoisotopic (exact) mass is 367 g/mol. The molecule has 140 valence electrons. The number of hydrogen-bond donors (Lipinski definition) is 1. The van der Waals surface area contributed by atoms with E-state index < -0.39 is 0 Å². The SMILES string of the molecule is COc1cc2nc(N3CCN(c4ncccn4)CC3)nc(N)c2cc1OC. The van der Waals surface area contributed by atoms with Crippen molar-refractivity contribution in [2.45, 2.75) is 0 Å². The van der Waals surface area contributed by atoms with Crippen LogP contribution in [0.15, 0.2) is 30.6 Å². The maximum absolute atomic E-state index is 6.19. The maximum Gasteiger partial charge on any atom is 0.228 e. The Morgan fingerprint density at radius 2 is 1.44 bits per heavy atom. The molecule has 3 heterocycles. The van der Waals surface area contributed by atoms with E-state index in [-0.39, 0.29) is 0 Å². The van der Waals surface area contributed by atoms with Crippen LogP contribution in [0.25, 0.3) is 10.9 Å². The minimum absolute atomic E-state index is 0.421. The Morgan fingerprint density at radius 1 is 0.852 bits per heavy atom. The van der Waals surface area contributed by atoms with Crippen molar-refractivity contribution in [3.8, 4) is 11.5 Å². The highest BCUT2D eigenvalue weighted by Gasteiger charge is 2.22. The average Bonchev–Trinajstić information content (AvgIpc) is 2.73. The van der Waals surface area contributed by atoms with Gasteiger partial charge >= 0.3 is 0 Å². The first-order valence-electron chi connectivity index (χ1n) is 8.65. The second-order valence-electron chi connectivity index (χ2n) is 6.16. The molecule has 27 heavy (non-hydrogen) atoms. The number of benzene rings is 1. The quantitative estimate of drug-likeness (QED) is 0.732. The predicted molar refractivity (Wildman–Crippen MR) is 104 cm³/mol. The van der Waals surface area contributed by atoms with Crippen LogP contribution in [0.4, 0.5) is 17.7 Å². The summed E-state index contributed by atoms with van der Waals surface area (Å²) in [7, 11) is 3.19. The first-order valence-corrected chi connectivity index (χ1v) is 8.65. The Balaban J connectivity index is 1.59. The van der Waals surface area contributed by atoms with Gasteiger partial charge in [0.15, 0.2) is 11.5 Å². The number of nitrogen functional groups attached to an aromatic ring is 1. The smallest absolute Gasteiger partial charge is 0.228 e. The number of fused-ring (bicyclic) bond motifs is 1. The second kappa shape index (κ2) is 7.10. The normalized spacial score (nSPS) is 14.4. The molecule has 0 bridgehead atoms. The third-order valence-corrected chi connectivity index (χ3v) is 4.62. The van der Waals surface area contributed by atoms with Gasteiger partial charge in [-0.15, -0.1) is 0 Å². The van der Waals surface area contributed by atoms with Gasteiger partial charge in [-0.3, -0.25) is 0 Å². The molecule has 0 saturated carbocycles. The molecule has 9 nitrogen and oxygen atoms in total. The van der Waals surface area contributed by atoms with Crippen LogP contribution in [0.5, 0.6) is 11.5 Å². The number of piperazine rings is 1. The molecular weight excluding hydrogens is 346 g/mol. The van der Waals surface area contributed by atoms with Crippen molar-refractivity contribution in [3.05, 3.63) is 30.6 Å². The topological polar surface area (TPSA) is 103 Å². The highest BCUT2D eigenvalue weighted by Crippen LogP contribution is 2.34. The Labute approximate surface area is 156 Å². The highest BCUT2D eigenvalue weighted by molar-refractivity contribution is 5.91. The van der Waals surface area contributed by atoms with E-state index in [1.165, 1.54) is 0 Å². The zero-order chi connectivity index (χ0) is 18.8. The molecule has 0 aliphatic carbocycles. The number of hydrogen-bond acceptors (Lipinski definition) is 9. The fourth-order valence-corrected chi connectivity index (χ4v) is 3.17. The minimum Gasteiger partial charge on any atom is -0.493 e. The van der Waals surface area contributed by atoms with Gasteiger partial charge in [0.05, 0.1) is 19.7 Å². The van der Waals surface area contributed by atoms with Gasteiger partial charge in [0.2, 0.25) is 11.9 Å². The third-order valence-electron chi connectivity index (χ3n) is 4.62. The zero-order valence-electron chi connectivity index (χ0n) is 15.3. The predicted octanol–water partition coefficient (Wildman–Crippen LogP) is 1.35. The van der Waals surface area contributed by atoms with E-state index in [1.807, 2.05) is 12.1 Å². The summed E-state index contributed by atoms with van der Waals surface area (Å²) >= 11 is 0. The van der Waals surface area contributed by atoms with E-state index >= 15 is 0 Å². The lowest BCUT2D eigenvalue weighted by Gasteiger charge is -2.34. The zero-order valence-corrected chi connectivity index (χ0v) is 15.3. The molecule has 3 aromatic rings. The summed E-state index contributed by atoms with van der Waals surface area (Å²) in [6.07, 6.45) is 3.51. The fourth-order valence-electron chi connectivity index (χ4n) is 3.17. The van der Waals surface area contributed by atoms with E-state index in [0.29, 0.717) is 23.3 Å². The van der Waals surface area contributed by atoms with Crippen molar-refractivity contribution in [3.63, 3.8) is 0 Å². The summed E-state index contributed by atoms with van der Waals surface area (Å²) in [6, 6.07) is 5.44. The average molecular weight is 367 g/mol. The highest BCUT2D eigenvalue weighted by atomic mass is 16.5. The second-order valence-corrected chi connectivity index (χ2v) is 6.16. The molecule has 0 unspecified atom stereocenters. The fraction of sp³-hybridized carbons (Fsp3) is 0.333. The molecule has 9 heteroatoms. The molecule has 0 spiro atoms. The van der Waals surface area contributed by atoms with Crippen molar-refractivity contribution in [1.82, 2.24) is 19.9 Å². The van der Waals surface area contributed by atoms with Gasteiger partial charge in [-0.25, -0.2) is 15.0 Å². The molecule has 2 N–H and O–H groups in total. The van der Waals surface area contributed by atoms with E-state index in [2.05, 4.69) is 24.8 Å². The standard InChI is InChI=1S/C18H21N7O2/c1-26-14-10-12-13(11-15(14)27-2)22-18(23-16(12)19)25-8-6-24(7-9-25)17-20-4-3-5-21-17/h3-5,10-11H,6-9H2,1-2H3,(H2,19,22,23). The van der Waals surface area contributed by atoms with Gasteiger partial charge in [0.25, 0.3) is 0 Å². The van der Waals surface area contributed by atoms with Crippen LogP contribution < -0.4 is 25.0 Å². The van der Waals surface area contributed by atoms with E-state index in [1.54, 1.807) is 32.7 Å². The van der Waals surface area contributed by atoms with E-state index in [4.69, 9.17) is 20.2 Å². The Bertz CT molecular complexity index is 943. The Kier molecular flexibility index (Phi) is 4.49. The lowest BCUT2D eigenvalue weighted by atomic mass is 10.2. The van der Waals surface area contributed by atoms with Crippen LogP contribution in [0.2, 0.25) is 0 Å². The summed E-state index contributed by atoms with van der Waals surface area (Å²) < 4.78 is 10.7. The van der Waals surface area contributed by atoms with Crippen LogP contribution in [0, 0.1) is 0 Å². The van der Waals surface area contributed by atoms with Crippen LogP contribution >= 0.6 is 0 Å². The van der Waals surface area contributed by atoms with Crippen molar-refractivity contribution >= 4 is 28.6 Å². The van der Waals surface area contributed by atoms with Gasteiger partial charge in [-0.2, -0.15) is 4.98 Å². The number of anilines is 3. The third kappa shape index (κ3) is 3.23. The van der Waals surface area contributed by atoms with Crippen LogP contribution in [-0.4, -0.2) is 60.3 Å². The molecule has 4 rings (SSSR count). The van der Waals surface area contributed by atoms with Gasteiger partial charge in [-0.05, 0) is 12.1 Å². The van der Waals surface area contributed by atoms with Gasteiger partial charge in [-0.1, -0.05) is 0 Å². The number of methoxy groups -OCH3 is 2. The van der Waals surface area contributed by atoms with Gasteiger partial charge < -0.3 is 25.0 Å². The molecule has 1 aliphatic heterocycles. The minimum atomic E-state index is 0.421. The van der Waals surface area contributed by atoms with E-state index in [0.717, 1.165) is 43.0 Å². The molecule has 1 aromatic carbocycles. The number of nitrogens with zero attached hydrogens (tertiary/aromatic N) is 6. The Hall–Kier alpha value is -3.36. The van der Waals surface area contributed by atoms with Crippen molar-refractivity contribution in [2.75, 3.05) is 55.9 Å². The summed E-state index contributed by atoms with van der Waals surface area (Å²) in [6.45, 7) is 3.10. The number of rotatable bonds is 4. The molecule has 0 radical (unpaired) electrons. The number of nitrogens with two attached hydrogens (primary N) is 1. The molecule has 0 atom stereocenters. The first-order chi connectivity index (χ1) is 13.2. The van der Waals surface area contributed by atoms with E-state index in [9.17, 15) is 0 Å². The summed E-state index contributed by atoms with van der Waals surface area (Å²) in [5.41, 5.74) is 6.92. The largest absolute Gasteiger partial charge is 0.493 e. The van der Waals surface area contributed by atoms with Crippen molar-refractivity contribution in [2.24, 2.45) is 0 Å². The number of ether oxygens (including phenoxy) is 2. The number of aromatic nitrogens is 4. The van der Waals surface area contributed by atoms with Crippen LogP contribution in [-0.2, 0) is 0 Å². The summed E-state index contributed by atoms with van der Waals surface area (Å²) in [5, 5.41) is 0.743. The lowest BCUT2D eigenvalue weighted by Crippen LogP contribution is -2.47. The van der Waals surface area contributed by atoms with Gasteiger partial charge in [0, 0.05) is 50.0 Å².